The van der Waals surface area contributed by atoms with E-state index in [2.05, 4.69) is 5.32 Å². The summed E-state index contributed by atoms with van der Waals surface area (Å²) in [5.74, 6) is 0.0283. The summed E-state index contributed by atoms with van der Waals surface area (Å²) in [6.07, 6.45) is 1.66. The highest BCUT2D eigenvalue weighted by atomic mass is 35.5. The Morgan fingerprint density at radius 3 is 2.90 bits per heavy atom. The summed E-state index contributed by atoms with van der Waals surface area (Å²) in [5.41, 5.74) is 0. The van der Waals surface area contributed by atoms with Gasteiger partial charge < -0.3 is 15.1 Å². The highest BCUT2D eigenvalue weighted by Gasteiger charge is 2.36. The molecule has 0 spiro atoms. The van der Waals surface area contributed by atoms with Crippen LogP contribution in [0.1, 0.15) is 22.5 Å². The van der Waals surface area contributed by atoms with E-state index < -0.39 is 0 Å². The molecule has 1 fully saturated rings. The first-order chi connectivity index (χ1) is 9.65. The van der Waals surface area contributed by atoms with Crippen LogP contribution in [0.4, 0.5) is 0 Å². The summed E-state index contributed by atoms with van der Waals surface area (Å²) >= 11 is 1.43. The van der Waals surface area contributed by atoms with E-state index in [0.29, 0.717) is 18.0 Å². The molecule has 1 aromatic rings. The van der Waals surface area contributed by atoms with Crippen LogP contribution >= 0.6 is 23.7 Å². The second-order valence-electron chi connectivity index (χ2n) is 5.00. The highest BCUT2D eigenvalue weighted by molar-refractivity contribution is 7.12. The van der Waals surface area contributed by atoms with E-state index in [1.807, 2.05) is 24.6 Å². The van der Waals surface area contributed by atoms with Crippen molar-refractivity contribution in [3.8, 4) is 0 Å². The van der Waals surface area contributed by atoms with Gasteiger partial charge in [-0.2, -0.15) is 0 Å². The van der Waals surface area contributed by atoms with Crippen molar-refractivity contribution in [3.63, 3.8) is 0 Å². The number of thiophene rings is 1. The van der Waals surface area contributed by atoms with E-state index in [0.717, 1.165) is 19.4 Å². The van der Waals surface area contributed by atoms with Crippen molar-refractivity contribution in [1.29, 1.82) is 0 Å². The minimum Gasteiger partial charge on any atom is -0.343 e. The zero-order valence-electron chi connectivity index (χ0n) is 12.4. The van der Waals surface area contributed by atoms with Crippen molar-refractivity contribution in [2.24, 2.45) is 0 Å². The van der Waals surface area contributed by atoms with Crippen molar-refractivity contribution < 1.29 is 9.59 Å². The summed E-state index contributed by atoms with van der Waals surface area (Å²) < 4.78 is 0. The molecule has 21 heavy (non-hydrogen) atoms. The molecule has 2 amide bonds. The topological polar surface area (TPSA) is 52.7 Å². The van der Waals surface area contributed by atoms with Crippen molar-refractivity contribution in [2.45, 2.75) is 18.9 Å². The Morgan fingerprint density at radius 1 is 1.52 bits per heavy atom. The van der Waals surface area contributed by atoms with Crippen LogP contribution < -0.4 is 5.32 Å². The second kappa shape index (κ2) is 8.36. The van der Waals surface area contributed by atoms with Crippen LogP contribution in [0.3, 0.4) is 0 Å². The smallest absolute Gasteiger partial charge is 0.264 e. The molecular formula is C14H22ClN3O2S. The molecule has 0 aliphatic carbocycles. The zero-order valence-corrected chi connectivity index (χ0v) is 14.0. The monoisotopic (exact) mass is 331 g/mol. The lowest BCUT2D eigenvalue weighted by Gasteiger charge is -2.27. The van der Waals surface area contributed by atoms with Gasteiger partial charge in [-0.1, -0.05) is 6.07 Å². The van der Waals surface area contributed by atoms with Crippen LogP contribution in [0.2, 0.25) is 0 Å². The van der Waals surface area contributed by atoms with Gasteiger partial charge in [-0.05, 0) is 31.3 Å². The number of hydrogen-bond acceptors (Lipinski definition) is 4. The molecule has 5 nitrogen and oxygen atoms in total. The van der Waals surface area contributed by atoms with Gasteiger partial charge in [0.2, 0.25) is 5.91 Å². The number of carbonyl (C=O) groups excluding carboxylic acids is 2. The quantitative estimate of drug-likeness (QED) is 0.888. The molecule has 1 saturated heterocycles. The first kappa shape index (κ1) is 17.9. The zero-order chi connectivity index (χ0) is 14.5. The van der Waals surface area contributed by atoms with Gasteiger partial charge in [-0.15, -0.1) is 23.7 Å². The van der Waals surface area contributed by atoms with Gasteiger partial charge in [-0.3, -0.25) is 9.59 Å². The Hall–Kier alpha value is -1.11. The maximum Gasteiger partial charge on any atom is 0.264 e. The average molecular weight is 332 g/mol. The summed E-state index contributed by atoms with van der Waals surface area (Å²) in [6, 6.07) is 3.38. The van der Waals surface area contributed by atoms with Crippen LogP contribution in [-0.4, -0.2) is 61.4 Å². The minimum atomic E-state index is -0.300. The molecule has 118 valence electrons. The van der Waals surface area contributed by atoms with Gasteiger partial charge in [-0.25, -0.2) is 0 Å². The first-order valence-corrected chi connectivity index (χ1v) is 7.77. The fourth-order valence-electron chi connectivity index (χ4n) is 2.45. The molecule has 2 rings (SSSR count). The van der Waals surface area contributed by atoms with Crippen molar-refractivity contribution in [3.05, 3.63) is 22.4 Å². The standard InChI is InChI=1S/C14H21N3O2S.ClH/c1-15-7-9-16(2)13(18)11-5-3-8-17(11)14(19)12-6-4-10-20-12;/h4,6,10-11,15H,3,5,7-9H2,1-2H3;1H. The number of carbonyl (C=O) groups is 2. The number of rotatable bonds is 5. The first-order valence-electron chi connectivity index (χ1n) is 6.89. The summed E-state index contributed by atoms with van der Waals surface area (Å²) in [6.45, 7) is 2.09. The molecule has 1 unspecified atom stereocenters. The van der Waals surface area contributed by atoms with Crippen LogP contribution in [0.5, 0.6) is 0 Å². The Kier molecular flexibility index (Phi) is 7.14. The van der Waals surface area contributed by atoms with Crippen molar-refractivity contribution >= 4 is 35.6 Å². The van der Waals surface area contributed by atoms with Crippen LogP contribution in [-0.2, 0) is 4.79 Å². The fraction of sp³-hybridized carbons (Fsp3) is 0.571. The number of amides is 2. The lowest BCUT2D eigenvalue weighted by Crippen LogP contribution is -2.47. The van der Waals surface area contributed by atoms with Gasteiger partial charge in [0, 0.05) is 26.7 Å². The van der Waals surface area contributed by atoms with Gasteiger partial charge in [0.1, 0.15) is 6.04 Å². The molecule has 0 bridgehead atoms. The van der Waals surface area contributed by atoms with E-state index in [4.69, 9.17) is 0 Å². The molecule has 1 aliphatic rings. The molecule has 0 radical (unpaired) electrons. The number of likely N-dealkylation sites (tertiary alicyclic amines) is 1. The molecule has 1 aliphatic heterocycles. The third-order valence-electron chi connectivity index (χ3n) is 3.60. The van der Waals surface area contributed by atoms with Crippen molar-refractivity contribution in [1.82, 2.24) is 15.1 Å². The molecule has 1 N–H and O–H groups in total. The SMILES string of the molecule is CNCCN(C)C(=O)C1CCCN1C(=O)c1cccs1.Cl. The lowest BCUT2D eigenvalue weighted by atomic mass is 10.2. The second-order valence-corrected chi connectivity index (χ2v) is 5.94. The van der Waals surface area contributed by atoms with Crippen molar-refractivity contribution in [2.75, 3.05) is 33.7 Å². The van der Waals surface area contributed by atoms with E-state index in [1.165, 1.54) is 11.3 Å². The van der Waals surface area contributed by atoms with Gasteiger partial charge in [0.05, 0.1) is 4.88 Å². The molecule has 0 saturated carbocycles. The third kappa shape index (κ3) is 4.18. The average Bonchev–Trinajstić information content (AvgIpc) is 3.13. The van der Waals surface area contributed by atoms with Crippen LogP contribution in [0.25, 0.3) is 0 Å². The molecular weight excluding hydrogens is 310 g/mol. The maximum atomic E-state index is 12.4. The number of nitrogens with zero attached hydrogens (tertiary/aromatic N) is 2. The summed E-state index contributed by atoms with van der Waals surface area (Å²) in [4.78, 5) is 29.0. The highest BCUT2D eigenvalue weighted by Crippen LogP contribution is 2.23. The number of nitrogens with one attached hydrogen (secondary N) is 1. The predicted molar refractivity (Wildman–Crippen MR) is 87.2 cm³/mol. The van der Waals surface area contributed by atoms with Crippen LogP contribution in [0.15, 0.2) is 17.5 Å². The molecule has 0 aromatic carbocycles. The number of likely N-dealkylation sites (N-methyl/N-ethyl adjacent to an activating group) is 2. The van der Waals surface area contributed by atoms with Gasteiger partial charge >= 0.3 is 0 Å². The maximum absolute atomic E-state index is 12.4. The minimum absolute atomic E-state index is 0. The Morgan fingerprint density at radius 2 is 2.29 bits per heavy atom. The van der Waals surface area contributed by atoms with E-state index in [9.17, 15) is 9.59 Å². The van der Waals surface area contributed by atoms with Crippen LogP contribution in [0, 0.1) is 0 Å². The summed E-state index contributed by atoms with van der Waals surface area (Å²) in [5, 5.41) is 4.92. The third-order valence-corrected chi connectivity index (χ3v) is 4.46. The van der Waals surface area contributed by atoms with E-state index in [-0.39, 0.29) is 30.3 Å². The van der Waals surface area contributed by atoms with Gasteiger partial charge in [0.15, 0.2) is 0 Å². The Balaban J connectivity index is 0.00000220. The molecule has 1 atom stereocenters. The molecule has 2 heterocycles. The largest absolute Gasteiger partial charge is 0.343 e. The molecule has 7 heteroatoms. The van der Waals surface area contributed by atoms with E-state index >= 15 is 0 Å². The Bertz CT molecular complexity index is 467. The number of hydrogen-bond donors (Lipinski definition) is 1. The normalized spacial score (nSPS) is 17.4. The van der Waals surface area contributed by atoms with Gasteiger partial charge in [0.25, 0.3) is 5.91 Å². The lowest BCUT2D eigenvalue weighted by molar-refractivity contribution is -0.133. The predicted octanol–water partition coefficient (Wildman–Crippen LogP) is 1.45. The Labute approximate surface area is 135 Å². The fourth-order valence-corrected chi connectivity index (χ4v) is 3.13. The summed E-state index contributed by atoms with van der Waals surface area (Å²) in [7, 11) is 3.66. The van der Waals surface area contributed by atoms with E-state index in [1.54, 1.807) is 16.8 Å². The number of halogens is 1. The molecule has 1 aromatic heterocycles.